The first-order valence-corrected chi connectivity index (χ1v) is 10.6. The lowest BCUT2D eigenvalue weighted by molar-refractivity contribution is -0.120. The fourth-order valence-corrected chi connectivity index (χ4v) is 4.33. The average molecular weight is 438 g/mol. The monoisotopic (exact) mass is 437 g/mol. The Labute approximate surface area is 183 Å². The van der Waals surface area contributed by atoms with Gasteiger partial charge >= 0.3 is 0 Å². The number of pyridine rings is 1. The molecule has 0 saturated carbocycles. The number of nitrogens with zero attached hydrogens (tertiary/aromatic N) is 3. The maximum absolute atomic E-state index is 13.1. The molecule has 30 heavy (non-hydrogen) atoms. The van der Waals surface area contributed by atoms with E-state index in [2.05, 4.69) is 18.0 Å². The van der Waals surface area contributed by atoms with Crippen LogP contribution in [-0.4, -0.2) is 22.5 Å². The number of hydrogen-bond donors (Lipinski definition) is 0. The van der Waals surface area contributed by atoms with Crippen molar-refractivity contribution in [1.82, 2.24) is 9.97 Å². The number of thiazole rings is 1. The van der Waals surface area contributed by atoms with E-state index in [4.69, 9.17) is 21.3 Å². The average Bonchev–Trinajstić information content (AvgIpc) is 3.16. The SMILES string of the molecule is Cc1cc(C)c2sc(N(Cc3cccnc3)C(=O)COc3ccc(Cl)cc3)nc2c1. The number of benzene rings is 2. The molecule has 0 saturated heterocycles. The zero-order valence-corrected chi connectivity index (χ0v) is 18.2. The molecule has 4 aromatic rings. The maximum atomic E-state index is 13.1. The summed E-state index contributed by atoms with van der Waals surface area (Å²) in [6, 6.07) is 14.9. The first kappa shape index (κ1) is 20.3. The Kier molecular flexibility index (Phi) is 5.97. The third kappa shape index (κ3) is 4.61. The van der Waals surface area contributed by atoms with Crippen molar-refractivity contribution in [1.29, 1.82) is 0 Å². The molecule has 1 amide bonds. The minimum atomic E-state index is -0.178. The van der Waals surface area contributed by atoms with Crippen LogP contribution >= 0.6 is 22.9 Å². The zero-order valence-electron chi connectivity index (χ0n) is 16.6. The second kappa shape index (κ2) is 8.81. The molecule has 0 fully saturated rings. The van der Waals surface area contributed by atoms with Gasteiger partial charge < -0.3 is 4.74 Å². The Hall–Kier alpha value is -2.96. The summed E-state index contributed by atoms with van der Waals surface area (Å²) in [6.45, 7) is 4.38. The second-order valence-corrected chi connectivity index (χ2v) is 8.42. The quantitative estimate of drug-likeness (QED) is 0.395. The molecule has 4 rings (SSSR count). The summed E-state index contributed by atoms with van der Waals surface area (Å²) in [5, 5.41) is 1.26. The van der Waals surface area contributed by atoms with Gasteiger partial charge in [0.1, 0.15) is 5.75 Å². The van der Waals surface area contributed by atoms with Gasteiger partial charge in [-0.3, -0.25) is 14.7 Å². The highest BCUT2D eigenvalue weighted by Gasteiger charge is 2.21. The van der Waals surface area contributed by atoms with Gasteiger partial charge in [0.15, 0.2) is 11.7 Å². The summed E-state index contributed by atoms with van der Waals surface area (Å²) >= 11 is 7.43. The van der Waals surface area contributed by atoms with Crippen LogP contribution in [-0.2, 0) is 11.3 Å². The largest absolute Gasteiger partial charge is 0.484 e. The summed E-state index contributed by atoms with van der Waals surface area (Å²) in [7, 11) is 0. The van der Waals surface area contributed by atoms with Crippen LogP contribution in [0.3, 0.4) is 0 Å². The summed E-state index contributed by atoms with van der Waals surface area (Å²) in [6.07, 6.45) is 3.46. The molecule has 0 aliphatic rings. The molecule has 5 nitrogen and oxygen atoms in total. The highest BCUT2D eigenvalue weighted by atomic mass is 35.5. The van der Waals surface area contributed by atoms with Crippen molar-refractivity contribution < 1.29 is 9.53 Å². The molecule has 0 atom stereocenters. The van der Waals surface area contributed by atoms with Crippen LogP contribution in [0.5, 0.6) is 5.75 Å². The standard InChI is InChI=1S/C23H20ClN3O2S/c1-15-10-16(2)22-20(11-15)26-23(30-22)27(13-17-4-3-9-25-12-17)21(28)14-29-19-7-5-18(24)6-8-19/h3-12H,13-14H2,1-2H3. The molecule has 0 aliphatic carbocycles. The molecular formula is C23H20ClN3O2S. The minimum Gasteiger partial charge on any atom is -0.484 e. The predicted octanol–water partition coefficient (Wildman–Crippen LogP) is 5.57. The number of aryl methyl sites for hydroxylation is 2. The van der Waals surface area contributed by atoms with E-state index in [0.29, 0.717) is 22.4 Å². The van der Waals surface area contributed by atoms with Crippen LogP contribution < -0.4 is 9.64 Å². The molecule has 0 aliphatic heterocycles. The van der Waals surface area contributed by atoms with Crippen LogP contribution in [0.2, 0.25) is 5.02 Å². The fraction of sp³-hybridized carbons (Fsp3) is 0.174. The van der Waals surface area contributed by atoms with Crippen LogP contribution in [0, 0.1) is 13.8 Å². The van der Waals surface area contributed by atoms with Gasteiger partial charge in [0.05, 0.1) is 16.8 Å². The molecule has 0 unspecified atom stereocenters. The molecule has 2 aromatic heterocycles. The van der Waals surface area contributed by atoms with Crippen molar-refractivity contribution >= 4 is 44.2 Å². The van der Waals surface area contributed by atoms with Crippen LogP contribution in [0.4, 0.5) is 5.13 Å². The molecule has 7 heteroatoms. The second-order valence-electron chi connectivity index (χ2n) is 7.01. The van der Waals surface area contributed by atoms with Gasteiger partial charge in [-0.1, -0.05) is 35.1 Å². The van der Waals surface area contributed by atoms with Crippen LogP contribution in [0.25, 0.3) is 10.2 Å². The summed E-state index contributed by atoms with van der Waals surface area (Å²) in [5.41, 5.74) is 4.12. The number of ether oxygens (including phenoxy) is 1. The van der Waals surface area contributed by atoms with E-state index in [1.165, 1.54) is 11.3 Å². The molecular weight excluding hydrogens is 418 g/mol. The summed E-state index contributed by atoms with van der Waals surface area (Å²) in [5.74, 6) is 0.409. The lowest BCUT2D eigenvalue weighted by Crippen LogP contribution is -2.34. The smallest absolute Gasteiger partial charge is 0.267 e. The number of aromatic nitrogens is 2. The third-order valence-electron chi connectivity index (χ3n) is 4.58. The van der Waals surface area contributed by atoms with Crippen molar-refractivity contribution in [2.75, 3.05) is 11.5 Å². The lowest BCUT2D eigenvalue weighted by atomic mass is 10.1. The molecule has 2 heterocycles. The first-order chi connectivity index (χ1) is 14.5. The Bertz CT molecular complexity index is 1180. The van der Waals surface area contributed by atoms with Gasteiger partial charge in [-0.15, -0.1) is 0 Å². The molecule has 152 valence electrons. The van der Waals surface area contributed by atoms with Crippen molar-refractivity contribution in [3.8, 4) is 5.75 Å². The van der Waals surface area contributed by atoms with Gasteiger partial charge in [-0.25, -0.2) is 4.98 Å². The number of fused-ring (bicyclic) bond motifs is 1. The molecule has 2 aromatic carbocycles. The minimum absolute atomic E-state index is 0.101. The summed E-state index contributed by atoms with van der Waals surface area (Å²) < 4.78 is 6.77. The number of anilines is 1. The third-order valence-corrected chi connectivity index (χ3v) is 6.06. The summed E-state index contributed by atoms with van der Waals surface area (Å²) in [4.78, 5) is 23.7. The number of carbonyl (C=O) groups is 1. The number of carbonyl (C=O) groups excluding carboxylic acids is 1. The number of amides is 1. The maximum Gasteiger partial charge on any atom is 0.267 e. The van der Waals surface area contributed by atoms with E-state index in [0.717, 1.165) is 26.9 Å². The molecule has 0 N–H and O–H groups in total. The van der Waals surface area contributed by atoms with Crippen molar-refractivity contribution in [3.05, 3.63) is 82.6 Å². The van der Waals surface area contributed by atoms with E-state index >= 15 is 0 Å². The van der Waals surface area contributed by atoms with E-state index in [9.17, 15) is 4.79 Å². The highest BCUT2D eigenvalue weighted by molar-refractivity contribution is 7.22. The number of rotatable bonds is 6. The van der Waals surface area contributed by atoms with Crippen molar-refractivity contribution in [2.45, 2.75) is 20.4 Å². The Morgan fingerprint density at radius 1 is 1.17 bits per heavy atom. The van der Waals surface area contributed by atoms with E-state index < -0.39 is 0 Å². The van der Waals surface area contributed by atoms with Gasteiger partial charge in [-0.05, 0) is 66.9 Å². The number of halogens is 1. The first-order valence-electron chi connectivity index (χ1n) is 9.45. The Balaban J connectivity index is 1.63. The van der Waals surface area contributed by atoms with Gasteiger partial charge in [0.25, 0.3) is 5.91 Å². The van der Waals surface area contributed by atoms with Crippen LogP contribution in [0.15, 0.2) is 60.9 Å². The Morgan fingerprint density at radius 3 is 2.70 bits per heavy atom. The molecule has 0 spiro atoms. The van der Waals surface area contributed by atoms with Gasteiger partial charge in [0, 0.05) is 17.4 Å². The highest BCUT2D eigenvalue weighted by Crippen LogP contribution is 2.33. The van der Waals surface area contributed by atoms with E-state index in [1.54, 1.807) is 41.6 Å². The lowest BCUT2D eigenvalue weighted by Gasteiger charge is -2.20. The molecule has 0 radical (unpaired) electrons. The van der Waals surface area contributed by atoms with Gasteiger partial charge in [0.2, 0.25) is 0 Å². The van der Waals surface area contributed by atoms with Crippen molar-refractivity contribution in [2.24, 2.45) is 0 Å². The predicted molar refractivity (Wildman–Crippen MR) is 121 cm³/mol. The normalized spacial score (nSPS) is 10.9. The fourth-order valence-electron chi connectivity index (χ4n) is 3.17. The number of hydrogen-bond acceptors (Lipinski definition) is 5. The van der Waals surface area contributed by atoms with E-state index in [-0.39, 0.29) is 12.5 Å². The van der Waals surface area contributed by atoms with Crippen molar-refractivity contribution in [3.63, 3.8) is 0 Å². The van der Waals surface area contributed by atoms with Crippen LogP contribution in [0.1, 0.15) is 16.7 Å². The zero-order chi connectivity index (χ0) is 21.1. The Morgan fingerprint density at radius 2 is 1.97 bits per heavy atom. The molecule has 0 bridgehead atoms. The topological polar surface area (TPSA) is 55.3 Å². The van der Waals surface area contributed by atoms with E-state index in [1.807, 2.05) is 25.1 Å². The van der Waals surface area contributed by atoms with Gasteiger partial charge in [-0.2, -0.15) is 0 Å².